The maximum atomic E-state index is 12.0. The van der Waals surface area contributed by atoms with E-state index < -0.39 is 0 Å². The van der Waals surface area contributed by atoms with Crippen molar-refractivity contribution in [3.63, 3.8) is 0 Å². The third-order valence-electron chi connectivity index (χ3n) is 4.89. The number of hydrogen-bond donors (Lipinski definition) is 1. The summed E-state index contributed by atoms with van der Waals surface area (Å²) in [7, 11) is 0. The Morgan fingerprint density at radius 3 is 2.78 bits per heavy atom. The minimum absolute atomic E-state index is 0.0982. The van der Waals surface area contributed by atoms with Gasteiger partial charge in [0.2, 0.25) is 5.91 Å². The van der Waals surface area contributed by atoms with Crippen LogP contribution in [0.3, 0.4) is 0 Å². The van der Waals surface area contributed by atoms with Crippen molar-refractivity contribution in [1.29, 1.82) is 0 Å². The van der Waals surface area contributed by atoms with Crippen molar-refractivity contribution in [3.8, 4) is 0 Å². The van der Waals surface area contributed by atoms with Crippen LogP contribution in [0.5, 0.6) is 0 Å². The number of nitrogens with zero attached hydrogens (tertiary/aromatic N) is 1. The van der Waals surface area contributed by atoms with Crippen molar-refractivity contribution in [1.82, 2.24) is 10.2 Å². The van der Waals surface area contributed by atoms with Crippen LogP contribution in [0.25, 0.3) is 0 Å². The first-order valence-electron chi connectivity index (χ1n) is 8.43. The lowest BCUT2D eigenvalue weighted by Crippen LogP contribution is -2.40. The Balaban J connectivity index is 1.50. The van der Waals surface area contributed by atoms with Crippen LogP contribution in [0.4, 0.5) is 0 Å². The Hall–Kier alpha value is -2.07. The topological polar surface area (TPSA) is 45.5 Å². The Bertz CT molecular complexity index is 676. The summed E-state index contributed by atoms with van der Waals surface area (Å²) >= 11 is 0. The lowest BCUT2D eigenvalue weighted by atomic mass is 9.98. The molecule has 1 saturated carbocycles. The van der Waals surface area contributed by atoms with Gasteiger partial charge in [-0.1, -0.05) is 24.3 Å². The van der Waals surface area contributed by atoms with Crippen LogP contribution in [0.1, 0.15) is 35.8 Å². The van der Waals surface area contributed by atoms with Crippen LogP contribution in [0.15, 0.2) is 47.1 Å². The van der Waals surface area contributed by atoms with E-state index in [1.54, 1.807) is 6.26 Å². The quantitative estimate of drug-likeness (QED) is 0.923. The molecular formula is C19H22N2O2. The molecule has 2 aromatic rings. The van der Waals surface area contributed by atoms with E-state index >= 15 is 0 Å². The molecule has 0 spiro atoms. The van der Waals surface area contributed by atoms with Gasteiger partial charge in [-0.05, 0) is 42.5 Å². The van der Waals surface area contributed by atoms with Gasteiger partial charge in [0.25, 0.3) is 0 Å². The average molecular weight is 310 g/mol. The molecule has 1 amide bonds. The van der Waals surface area contributed by atoms with Crippen LogP contribution in [-0.4, -0.2) is 23.9 Å². The maximum Gasteiger partial charge on any atom is 0.223 e. The number of benzene rings is 1. The fraction of sp³-hybridized carbons (Fsp3) is 0.421. The Labute approximate surface area is 136 Å². The molecule has 2 aliphatic rings. The second-order valence-electron chi connectivity index (χ2n) is 6.54. The van der Waals surface area contributed by atoms with Gasteiger partial charge < -0.3 is 9.73 Å². The summed E-state index contributed by atoms with van der Waals surface area (Å²) in [6.07, 6.45) is 4.83. The van der Waals surface area contributed by atoms with Gasteiger partial charge in [-0.2, -0.15) is 0 Å². The number of amides is 1. The molecule has 4 rings (SSSR count). The molecule has 4 nitrogen and oxygen atoms in total. The summed E-state index contributed by atoms with van der Waals surface area (Å²) in [5.74, 6) is 1.37. The van der Waals surface area contributed by atoms with Crippen LogP contribution >= 0.6 is 0 Å². The first-order valence-corrected chi connectivity index (χ1v) is 8.43. The van der Waals surface area contributed by atoms with Gasteiger partial charge in [-0.3, -0.25) is 9.69 Å². The molecule has 120 valence electrons. The van der Waals surface area contributed by atoms with Crippen LogP contribution in [0.2, 0.25) is 0 Å². The standard InChI is InChI=1S/C19H22N2O2/c22-19(15-7-8-15)20-12-17(18-6-3-11-23-18)21-10-9-14-4-1-2-5-16(14)13-21/h1-6,11,15,17H,7-10,12-13H2,(H,20,22)/t17-/m0/s1. The summed E-state index contributed by atoms with van der Waals surface area (Å²) in [5, 5.41) is 3.11. The van der Waals surface area contributed by atoms with Gasteiger partial charge >= 0.3 is 0 Å². The molecule has 0 bridgehead atoms. The minimum Gasteiger partial charge on any atom is -0.468 e. The highest BCUT2D eigenvalue weighted by atomic mass is 16.3. The second-order valence-corrected chi connectivity index (χ2v) is 6.54. The van der Waals surface area contributed by atoms with E-state index in [0.29, 0.717) is 6.54 Å². The van der Waals surface area contributed by atoms with Crippen LogP contribution < -0.4 is 5.32 Å². The normalized spacial score (nSPS) is 19.1. The SMILES string of the molecule is O=C(NC[C@@H](c1ccco1)N1CCc2ccccc2C1)C1CC1. The molecule has 1 aliphatic heterocycles. The van der Waals surface area contributed by atoms with E-state index in [9.17, 15) is 4.79 Å². The molecule has 0 saturated heterocycles. The number of carbonyl (C=O) groups excluding carboxylic acids is 1. The minimum atomic E-state index is 0.0982. The molecule has 1 aromatic carbocycles. The molecule has 1 fully saturated rings. The monoisotopic (exact) mass is 310 g/mol. The van der Waals surface area contributed by atoms with E-state index in [-0.39, 0.29) is 17.9 Å². The highest BCUT2D eigenvalue weighted by molar-refractivity contribution is 5.80. The van der Waals surface area contributed by atoms with Gasteiger partial charge in [0.1, 0.15) is 5.76 Å². The van der Waals surface area contributed by atoms with Gasteiger partial charge in [-0.25, -0.2) is 0 Å². The zero-order valence-corrected chi connectivity index (χ0v) is 13.2. The van der Waals surface area contributed by atoms with Gasteiger partial charge in [0.15, 0.2) is 0 Å². The molecule has 1 aromatic heterocycles. The van der Waals surface area contributed by atoms with Crippen LogP contribution in [-0.2, 0) is 17.8 Å². The fourth-order valence-electron chi connectivity index (χ4n) is 3.36. The number of hydrogen-bond acceptors (Lipinski definition) is 3. The first kappa shape index (κ1) is 14.5. The molecule has 1 aliphatic carbocycles. The molecule has 4 heteroatoms. The summed E-state index contributed by atoms with van der Waals surface area (Å²) in [6.45, 7) is 2.51. The molecule has 23 heavy (non-hydrogen) atoms. The van der Waals surface area contributed by atoms with Crippen molar-refractivity contribution in [2.24, 2.45) is 5.92 Å². The third kappa shape index (κ3) is 3.17. The first-order chi connectivity index (χ1) is 11.3. The van der Waals surface area contributed by atoms with E-state index in [1.807, 2.05) is 12.1 Å². The highest BCUT2D eigenvalue weighted by Crippen LogP contribution is 2.30. The van der Waals surface area contributed by atoms with E-state index in [4.69, 9.17) is 4.42 Å². The van der Waals surface area contributed by atoms with Crippen molar-refractivity contribution >= 4 is 5.91 Å². The smallest absolute Gasteiger partial charge is 0.223 e. The molecule has 0 unspecified atom stereocenters. The van der Waals surface area contributed by atoms with Crippen LogP contribution in [0, 0.1) is 5.92 Å². The number of nitrogens with one attached hydrogen (secondary N) is 1. The van der Waals surface area contributed by atoms with E-state index in [0.717, 1.165) is 38.1 Å². The largest absolute Gasteiger partial charge is 0.468 e. The van der Waals surface area contributed by atoms with E-state index in [1.165, 1.54) is 11.1 Å². The Kier molecular flexibility index (Phi) is 3.92. The third-order valence-corrected chi connectivity index (χ3v) is 4.89. The van der Waals surface area contributed by atoms with Crippen molar-refractivity contribution in [2.45, 2.75) is 31.8 Å². The Morgan fingerprint density at radius 1 is 1.22 bits per heavy atom. The molecule has 2 heterocycles. The molecule has 1 N–H and O–H groups in total. The molecule has 0 radical (unpaired) electrons. The fourth-order valence-corrected chi connectivity index (χ4v) is 3.36. The summed E-state index contributed by atoms with van der Waals surface area (Å²) in [4.78, 5) is 14.4. The predicted octanol–water partition coefficient (Wildman–Crippen LogP) is 2.91. The Morgan fingerprint density at radius 2 is 2.04 bits per heavy atom. The lowest BCUT2D eigenvalue weighted by molar-refractivity contribution is -0.122. The molecule has 1 atom stereocenters. The van der Waals surface area contributed by atoms with E-state index in [2.05, 4.69) is 34.5 Å². The van der Waals surface area contributed by atoms with Crippen molar-refractivity contribution in [2.75, 3.05) is 13.1 Å². The van der Waals surface area contributed by atoms with Gasteiger partial charge in [0.05, 0.1) is 12.3 Å². The second kappa shape index (κ2) is 6.20. The lowest BCUT2D eigenvalue weighted by Gasteiger charge is -2.34. The van der Waals surface area contributed by atoms with Crippen molar-refractivity contribution in [3.05, 3.63) is 59.5 Å². The zero-order valence-electron chi connectivity index (χ0n) is 13.2. The predicted molar refractivity (Wildman–Crippen MR) is 87.7 cm³/mol. The number of furan rings is 1. The number of rotatable bonds is 5. The van der Waals surface area contributed by atoms with Gasteiger partial charge in [-0.15, -0.1) is 0 Å². The summed E-state index contributed by atoms with van der Waals surface area (Å²) in [6, 6.07) is 12.6. The summed E-state index contributed by atoms with van der Waals surface area (Å²) in [5.41, 5.74) is 2.81. The zero-order chi connectivity index (χ0) is 15.6. The highest BCUT2D eigenvalue weighted by Gasteiger charge is 2.32. The molecular weight excluding hydrogens is 288 g/mol. The average Bonchev–Trinajstić information content (AvgIpc) is 3.31. The number of fused-ring (bicyclic) bond motifs is 1. The number of carbonyl (C=O) groups is 1. The summed E-state index contributed by atoms with van der Waals surface area (Å²) < 4.78 is 5.65. The van der Waals surface area contributed by atoms with Crippen molar-refractivity contribution < 1.29 is 9.21 Å². The maximum absolute atomic E-state index is 12.0. The van der Waals surface area contributed by atoms with Gasteiger partial charge in [0, 0.05) is 25.6 Å².